The number of carboxylic acid groups (broad SMARTS) is 1. The second-order valence-corrected chi connectivity index (χ2v) is 6.70. The van der Waals surface area contributed by atoms with Crippen LogP contribution in [-0.2, 0) is 9.53 Å². The van der Waals surface area contributed by atoms with Crippen molar-refractivity contribution in [3.63, 3.8) is 0 Å². The van der Waals surface area contributed by atoms with E-state index < -0.39 is 23.7 Å². The highest BCUT2D eigenvalue weighted by atomic mass is 16.6. The van der Waals surface area contributed by atoms with E-state index in [4.69, 9.17) is 9.84 Å². The maximum atomic E-state index is 12.0. The fourth-order valence-electron chi connectivity index (χ4n) is 2.46. The maximum absolute atomic E-state index is 12.0. The molecule has 5 nitrogen and oxygen atoms in total. The summed E-state index contributed by atoms with van der Waals surface area (Å²) in [6, 6.07) is 7.14. The van der Waals surface area contributed by atoms with Crippen LogP contribution in [0.4, 0.5) is 4.79 Å². The van der Waals surface area contributed by atoms with Gasteiger partial charge in [0, 0.05) is 0 Å². The third-order valence-electron chi connectivity index (χ3n) is 3.46. The Labute approximate surface area is 130 Å². The number of ether oxygens (including phenoxy) is 1. The molecular formula is C17H23NO4. The molecule has 22 heavy (non-hydrogen) atoms. The summed E-state index contributed by atoms with van der Waals surface area (Å²) in [5.74, 6) is -0.473. The van der Waals surface area contributed by atoms with Crippen LogP contribution in [-0.4, -0.2) is 22.8 Å². The Morgan fingerprint density at radius 2 is 1.95 bits per heavy atom. The summed E-state index contributed by atoms with van der Waals surface area (Å²) in [5.41, 5.74) is 1.39. The van der Waals surface area contributed by atoms with E-state index in [0.717, 1.165) is 24.0 Å². The lowest BCUT2D eigenvalue weighted by atomic mass is 9.95. The van der Waals surface area contributed by atoms with Crippen molar-refractivity contribution in [1.29, 1.82) is 0 Å². The van der Waals surface area contributed by atoms with Crippen LogP contribution in [0, 0.1) is 0 Å². The second-order valence-electron chi connectivity index (χ2n) is 6.70. The first-order valence-electron chi connectivity index (χ1n) is 7.56. The minimum atomic E-state index is -0.952. The summed E-state index contributed by atoms with van der Waals surface area (Å²) in [5, 5.41) is 11.8. The molecule has 5 heteroatoms. The second kappa shape index (κ2) is 6.38. The molecule has 0 heterocycles. The molecule has 0 spiro atoms. The van der Waals surface area contributed by atoms with Gasteiger partial charge in [0.2, 0.25) is 0 Å². The zero-order valence-corrected chi connectivity index (χ0v) is 13.3. The molecule has 1 amide bonds. The summed E-state index contributed by atoms with van der Waals surface area (Å²) in [6.07, 6.45) is 1.47. The molecular weight excluding hydrogens is 282 g/mol. The molecule has 0 radical (unpaired) electrons. The molecule has 0 aromatic heterocycles. The smallest absolute Gasteiger partial charge is 0.408 e. The molecule has 1 aromatic rings. The van der Waals surface area contributed by atoms with Crippen LogP contribution < -0.4 is 5.32 Å². The van der Waals surface area contributed by atoms with Gasteiger partial charge in [-0.3, -0.25) is 4.79 Å². The molecule has 120 valence electrons. The van der Waals surface area contributed by atoms with Gasteiger partial charge in [-0.05, 0) is 50.7 Å². The highest BCUT2D eigenvalue weighted by Crippen LogP contribution is 2.43. The number of carbonyl (C=O) groups is 2. The lowest BCUT2D eigenvalue weighted by Crippen LogP contribution is -2.36. The van der Waals surface area contributed by atoms with E-state index in [1.807, 2.05) is 24.3 Å². The topological polar surface area (TPSA) is 75.6 Å². The maximum Gasteiger partial charge on any atom is 0.408 e. The van der Waals surface area contributed by atoms with Crippen LogP contribution in [0.1, 0.15) is 63.1 Å². The van der Waals surface area contributed by atoms with Crippen molar-refractivity contribution < 1.29 is 19.4 Å². The molecule has 0 bridgehead atoms. The van der Waals surface area contributed by atoms with Crippen LogP contribution in [0.3, 0.4) is 0 Å². The zero-order chi connectivity index (χ0) is 16.3. The SMILES string of the molecule is CC(C)(C)OC(=O)N[C@H](CC(=O)O)c1ccccc1C1CC1. The number of nitrogens with one attached hydrogen (secondary N) is 1. The van der Waals surface area contributed by atoms with Gasteiger partial charge in [0.25, 0.3) is 0 Å². The molecule has 2 N–H and O–H groups in total. The van der Waals surface area contributed by atoms with E-state index in [0.29, 0.717) is 5.92 Å². The van der Waals surface area contributed by atoms with Gasteiger partial charge in [-0.2, -0.15) is 0 Å². The average molecular weight is 305 g/mol. The first-order valence-corrected chi connectivity index (χ1v) is 7.56. The number of carboxylic acids is 1. The number of alkyl carbamates (subject to hydrolysis) is 1. The van der Waals surface area contributed by atoms with Crippen molar-refractivity contribution in [1.82, 2.24) is 5.32 Å². The van der Waals surface area contributed by atoms with E-state index in [1.54, 1.807) is 20.8 Å². The Kier molecular flexibility index (Phi) is 4.74. The fraction of sp³-hybridized carbons (Fsp3) is 0.529. The first-order chi connectivity index (χ1) is 10.3. The van der Waals surface area contributed by atoms with Crippen molar-refractivity contribution in [2.45, 2.75) is 57.6 Å². The van der Waals surface area contributed by atoms with Crippen molar-refractivity contribution in [3.8, 4) is 0 Å². The Bertz CT molecular complexity index is 558. The van der Waals surface area contributed by atoms with Gasteiger partial charge in [0.15, 0.2) is 0 Å². The van der Waals surface area contributed by atoms with E-state index in [9.17, 15) is 9.59 Å². The molecule has 2 rings (SSSR count). The Morgan fingerprint density at radius 3 is 2.50 bits per heavy atom. The highest BCUT2D eigenvalue weighted by Gasteiger charge is 2.30. The van der Waals surface area contributed by atoms with Crippen LogP contribution in [0.2, 0.25) is 0 Å². The third-order valence-corrected chi connectivity index (χ3v) is 3.46. The zero-order valence-electron chi connectivity index (χ0n) is 13.3. The predicted molar refractivity (Wildman–Crippen MR) is 82.8 cm³/mol. The van der Waals surface area contributed by atoms with E-state index in [1.165, 1.54) is 0 Å². The van der Waals surface area contributed by atoms with Crippen LogP contribution in [0.15, 0.2) is 24.3 Å². The quantitative estimate of drug-likeness (QED) is 0.871. The van der Waals surface area contributed by atoms with Gasteiger partial charge in [-0.15, -0.1) is 0 Å². The van der Waals surface area contributed by atoms with Gasteiger partial charge >= 0.3 is 12.1 Å². The molecule has 0 saturated heterocycles. The van der Waals surface area contributed by atoms with Crippen molar-refractivity contribution in [2.24, 2.45) is 0 Å². The predicted octanol–water partition coefficient (Wildman–Crippen LogP) is 3.60. The first kappa shape index (κ1) is 16.3. The van der Waals surface area contributed by atoms with Gasteiger partial charge in [-0.25, -0.2) is 4.79 Å². The number of hydrogen-bond donors (Lipinski definition) is 2. The lowest BCUT2D eigenvalue weighted by molar-refractivity contribution is -0.137. The van der Waals surface area contributed by atoms with Crippen molar-refractivity contribution in [3.05, 3.63) is 35.4 Å². The monoisotopic (exact) mass is 305 g/mol. The Hall–Kier alpha value is -2.04. The normalized spacial score (nSPS) is 16.0. The minimum Gasteiger partial charge on any atom is -0.481 e. The molecule has 0 aliphatic heterocycles. The molecule has 1 aromatic carbocycles. The third kappa shape index (κ3) is 4.76. The average Bonchev–Trinajstić information content (AvgIpc) is 3.19. The molecule has 1 aliphatic rings. The van der Waals surface area contributed by atoms with E-state index in [2.05, 4.69) is 5.32 Å². The number of aliphatic carboxylic acids is 1. The van der Waals surface area contributed by atoms with Crippen LogP contribution in [0.25, 0.3) is 0 Å². The molecule has 1 saturated carbocycles. The van der Waals surface area contributed by atoms with E-state index >= 15 is 0 Å². The number of carbonyl (C=O) groups excluding carboxylic acids is 1. The summed E-state index contributed by atoms with van der Waals surface area (Å²) in [4.78, 5) is 23.1. The van der Waals surface area contributed by atoms with Crippen molar-refractivity contribution in [2.75, 3.05) is 0 Å². The molecule has 0 unspecified atom stereocenters. The minimum absolute atomic E-state index is 0.164. The number of benzene rings is 1. The highest BCUT2D eigenvalue weighted by molar-refractivity contribution is 5.72. The molecule has 1 aliphatic carbocycles. The van der Waals surface area contributed by atoms with E-state index in [-0.39, 0.29) is 6.42 Å². The lowest BCUT2D eigenvalue weighted by Gasteiger charge is -2.24. The Morgan fingerprint density at radius 1 is 1.32 bits per heavy atom. The summed E-state index contributed by atoms with van der Waals surface area (Å²) in [6.45, 7) is 5.32. The Balaban J connectivity index is 2.19. The fourth-order valence-corrected chi connectivity index (χ4v) is 2.46. The largest absolute Gasteiger partial charge is 0.481 e. The molecule has 1 fully saturated rings. The standard InChI is InChI=1S/C17H23NO4/c1-17(2,3)22-16(21)18-14(10-15(19)20)13-7-5-4-6-12(13)11-8-9-11/h4-7,11,14H,8-10H2,1-3H3,(H,18,21)(H,19,20)/t14-/m1/s1. The molecule has 1 atom stereocenters. The number of hydrogen-bond acceptors (Lipinski definition) is 3. The summed E-state index contributed by atoms with van der Waals surface area (Å²) in [7, 11) is 0. The van der Waals surface area contributed by atoms with Gasteiger partial charge < -0.3 is 15.2 Å². The summed E-state index contributed by atoms with van der Waals surface area (Å²) < 4.78 is 5.24. The summed E-state index contributed by atoms with van der Waals surface area (Å²) >= 11 is 0. The van der Waals surface area contributed by atoms with Crippen molar-refractivity contribution >= 4 is 12.1 Å². The van der Waals surface area contributed by atoms with Gasteiger partial charge in [-0.1, -0.05) is 24.3 Å². The number of rotatable bonds is 5. The van der Waals surface area contributed by atoms with Crippen LogP contribution in [0.5, 0.6) is 0 Å². The van der Waals surface area contributed by atoms with Gasteiger partial charge in [0.05, 0.1) is 12.5 Å². The van der Waals surface area contributed by atoms with Crippen LogP contribution >= 0.6 is 0 Å². The number of amides is 1. The van der Waals surface area contributed by atoms with Gasteiger partial charge in [0.1, 0.15) is 5.60 Å².